The Labute approximate surface area is 47.5 Å². The summed E-state index contributed by atoms with van der Waals surface area (Å²) >= 11 is 0. The molecule has 0 atom stereocenters. The Balaban J connectivity index is 2.84. The molecule has 8 heavy (non-hydrogen) atoms. The summed E-state index contributed by atoms with van der Waals surface area (Å²) in [6.45, 7) is 0. The Morgan fingerprint density at radius 1 is 1.75 bits per heavy atom. The van der Waals surface area contributed by atoms with Crippen LogP contribution in [-0.2, 0) is 7.05 Å². The fraction of sp³-hybridized carbons (Fsp3) is 0.400. The number of nitrogens with zero attached hydrogens (tertiary/aromatic N) is 1. The minimum Gasteiger partial charge on any atom is -0.464 e. The van der Waals surface area contributed by atoms with Crippen LogP contribution in [-0.4, -0.2) is 7.11 Å². The summed E-state index contributed by atoms with van der Waals surface area (Å²) in [5.41, 5.74) is 0. The molecule has 0 saturated carbocycles. The van der Waals surface area contributed by atoms with Crippen LogP contribution in [0.5, 0.6) is 5.95 Å². The van der Waals surface area contributed by atoms with Crippen LogP contribution in [0.2, 0.25) is 0 Å². The van der Waals surface area contributed by atoms with Gasteiger partial charge < -0.3 is 9.15 Å². The quantitative estimate of drug-likeness (QED) is 0.484. The van der Waals surface area contributed by atoms with Crippen molar-refractivity contribution in [1.29, 1.82) is 0 Å². The van der Waals surface area contributed by atoms with Gasteiger partial charge in [-0.1, -0.05) is 0 Å². The van der Waals surface area contributed by atoms with Crippen LogP contribution in [0.4, 0.5) is 0 Å². The van der Waals surface area contributed by atoms with Crippen LogP contribution in [0.15, 0.2) is 17.0 Å². The van der Waals surface area contributed by atoms with Crippen molar-refractivity contribution in [2.45, 2.75) is 0 Å². The number of hydrogen-bond donors (Lipinski definition) is 0. The lowest BCUT2D eigenvalue weighted by molar-refractivity contribution is -0.674. The predicted molar refractivity (Wildman–Crippen MR) is 26.4 cm³/mol. The highest BCUT2D eigenvalue weighted by Crippen LogP contribution is 2.02. The van der Waals surface area contributed by atoms with E-state index in [1.54, 1.807) is 24.3 Å². The Morgan fingerprint density at radius 3 is 2.75 bits per heavy atom. The maximum atomic E-state index is 4.85. The zero-order chi connectivity index (χ0) is 5.98. The molecule has 0 aliphatic carbocycles. The molecule has 0 aliphatic rings. The molecule has 0 amide bonds. The molecule has 0 unspecified atom stereocenters. The average Bonchev–Trinajstić information content (AvgIpc) is 2.14. The van der Waals surface area contributed by atoms with Crippen LogP contribution >= 0.6 is 0 Å². The van der Waals surface area contributed by atoms with E-state index < -0.39 is 0 Å². The summed E-state index contributed by atoms with van der Waals surface area (Å²) in [4.78, 5) is 0. The van der Waals surface area contributed by atoms with Gasteiger partial charge in [-0.05, 0) is 0 Å². The molecule has 3 heteroatoms. The Bertz CT molecular complexity index is 171. The van der Waals surface area contributed by atoms with Crippen LogP contribution < -0.4 is 9.30 Å². The minimum absolute atomic E-state index is 0.535. The Hall–Kier alpha value is -0.990. The fourth-order valence-electron chi connectivity index (χ4n) is 0.463. The topological polar surface area (TPSA) is 26.2 Å². The van der Waals surface area contributed by atoms with Crippen molar-refractivity contribution < 1.29 is 13.7 Å². The van der Waals surface area contributed by atoms with Gasteiger partial charge in [0.2, 0.25) is 0 Å². The summed E-state index contributed by atoms with van der Waals surface area (Å²) < 4.78 is 11.4. The van der Waals surface area contributed by atoms with E-state index in [9.17, 15) is 0 Å². The minimum atomic E-state index is 0.535. The van der Waals surface area contributed by atoms with E-state index in [4.69, 9.17) is 9.15 Å². The number of methoxy groups -OCH3 is 1. The summed E-state index contributed by atoms with van der Waals surface area (Å²) in [6, 6.07) is 0. The number of hydrogen-bond acceptors (Lipinski definition) is 2. The Morgan fingerprint density at radius 2 is 2.50 bits per heavy atom. The predicted octanol–water partition coefficient (Wildman–Crippen LogP) is 0.113. The molecule has 0 aromatic carbocycles. The summed E-state index contributed by atoms with van der Waals surface area (Å²) in [6.07, 6.45) is 3.32. The van der Waals surface area contributed by atoms with E-state index in [-0.39, 0.29) is 0 Å². The van der Waals surface area contributed by atoms with Gasteiger partial charge in [-0.25, -0.2) is 0 Å². The first kappa shape index (κ1) is 5.15. The summed E-state index contributed by atoms with van der Waals surface area (Å²) in [7, 11) is 3.44. The lowest BCUT2D eigenvalue weighted by Crippen LogP contribution is -2.22. The van der Waals surface area contributed by atoms with Crippen LogP contribution in [0.25, 0.3) is 0 Å². The van der Waals surface area contributed by atoms with Crippen LogP contribution in [0, 0.1) is 0 Å². The fourth-order valence-corrected chi connectivity index (χ4v) is 0.463. The van der Waals surface area contributed by atoms with Crippen molar-refractivity contribution in [2.75, 3.05) is 7.11 Å². The molecule has 0 N–H and O–H groups in total. The van der Waals surface area contributed by atoms with E-state index in [1.807, 2.05) is 7.05 Å². The molecule has 0 saturated heterocycles. The van der Waals surface area contributed by atoms with Crippen molar-refractivity contribution >= 4 is 0 Å². The van der Waals surface area contributed by atoms with Gasteiger partial charge in [0.15, 0.2) is 0 Å². The molecule has 0 radical (unpaired) electrons. The van der Waals surface area contributed by atoms with Crippen molar-refractivity contribution in [3.63, 3.8) is 0 Å². The zero-order valence-electron chi connectivity index (χ0n) is 4.92. The normalized spacial score (nSPS) is 9.25. The van der Waals surface area contributed by atoms with Crippen LogP contribution in [0.1, 0.15) is 0 Å². The lowest BCUT2D eigenvalue weighted by Gasteiger charge is -1.81. The zero-order valence-corrected chi connectivity index (χ0v) is 4.92. The van der Waals surface area contributed by atoms with E-state index >= 15 is 0 Å². The van der Waals surface area contributed by atoms with Crippen LogP contribution in [0.3, 0.4) is 0 Å². The number of ether oxygens (including phenoxy) is 1. The molecule has 0 spiro atoms. The van der Waals surface area contributed by atoms with Crippen molar-refractivity contribution in [2.24, 2.45) is 7.05 Å². The Kier molecular flexibility index (Phi) is 1.20. The van der Waals surface area contributed by atoms with Gasteiger partial charge in [0, 0.05) is 0 Å². The molecule has 3 nitrogen and oxygen atoms in total. The van der Waals surface area contributed by atoms with Gasteiger partial charge in [-0.2, -0.15) is 4.57 Å². The van der Waals surface area contributed by atoms with E-state index in [0.29, 0.717) is 5.95 Å². The number of oxazole rings is 1. The molecule has 0 fully saturated rings. The number of aryl methyl sites for hydroxylation is 1. The lowest BCUT2D eigenvalue weighted by atomic mass is 10.9. The van der Waals surface area contributed by atoms with Crippen molar-refractivity contribution in [1.82, 2.24) is 0 Å². The largest absolute Gasteiger partial charge is 0.464 e. The second-order valence-corrected chi connectivity index (χ2v) is 1.54. The maximum Gasteiger partial charge on any atom is 0.355 e. The molecular formula is C5H8NO2+. The highest BCUT2D eigenvalue weighted by Gasteiger charge is 2.00. The smallest absolute Gasteiger partial charge is 0.355 e. The third-order valence-electron chi connectivity index (χ3n) is 0.845. The third-order valence-corrected chi connectivity index (χ3v) is 0.845. The second kappa shape index (κ2) is 1.86. The monoisotopic (exact) mass is 114 g/mol. The molecule has 1 rings (SSSR count). The summed E-state index contributed by atoms with van der Waals surface area (Å²) in [5.74, 6) is 0.535. The first-order valence-electron chi connectivity index (χ1n) is 2.30. The second-order valence-electron chi connectivity index (χ2n) is 1.54. The summed E-state index contributed by atoms with van der Waals surface area (Å²) in [5, 5.41) is 0. The highest BCUT2D eigenvalue weighted by atomic mass is 16.6. The van der Waals surface area contributed by atoms with E-state index in [0.717, 1.165) is 0 Å². The third kappa shape index (κ3) is 0.804. The van der Waals surface area contributed by atoms with Crippen molar-refractivity contribution in [3.05, 3.63) is 12.6 Å². The van der Waals surface area contributed by atoms with Gasteiger partial charge >= 0.3 is 12.3 Å². The first-order chi connectivity index (χ1) is 3.83. The molecule has 1 heterocycles. The molecule has 0 aliphatic heterocycles. The molecule has 1 aromatic heterocycles. The first-order valence-corrected chi connectivity index (χ1v) is 2.30. The SMILES string of the molecule is COc1c[n+](C)co1. The highest BCUT2D eigenvalue weighted by molar-refractivity contribution is 4.88. The molecule has 44 valence electrons. The van der Waals surface area contributed by atoms with Gasteiger partial charge in [0.1, 0.15) is 7.05 Å². The number of rotatable bonds is 1. The van der Waals surface area contributed by atoms with Gasteiger partial charge in [0.25, 0.3) is 6.20 Å². The van der Waals surface area contributed by atoms with Gasteiger partial charge in [-0.3, -0.25) is 0 Å². The van der Waals surface area contributed by atoms with E-state index in [1.165, 1.54) is 0 Å². The maximum absolute atomic E-state index is 4.85. The standard InChI is InChI=1S/C5H8NO2/c1-6-3-5(7-2)8-4-6/h3-4H,1-2H3/q+1. The average molecular weight is 114 g/mol. The number of aromatic nitrogens is 1. The van der Waals surface area contributed by atoms with Gasteiger partial charge in [0.05, 0.1) is 7.11 Å². The van der Waals surface area contributed by atoms with E-state index in [2.05, 4.69) is 0 Å². The molecular weight excluding hydrogens is 106 g/mol. The van der Waals surface area contributed by atoms with Crippen molar-refractivity contribution in [3.8, 4) is 5.95 Å². The molecule has 0 bridgehead atoms. The molecule has 1 aromatic rings. The van der Waals surface area contributed by atoms with Gasteiger partial charge in [-0.15, -0.1) is 0 Å².